The lowest BCUT2D eigenvalue weighted by Crippen LogP contribution is -2.56. The van der Waals surface area contributed by atoms with E-state index in [0.717, 1.165) is 49.4 Å². The fourth-order valence-corrected chi connectivity index (χ4v) is 5.67. The Morgan fingerprint density at radius 3 is 2.47 bits per heavy atom. The number of halogens is 1. The summed E-state index contributed by atoms with van der Waals surface area (Å²) in [4.78, 5) is 30.6. The number of rotatable bonds is 6. The van der Waals surface area contributed by atoms with E-state index in [-0.39, 0.29) is 11.5 Å². The summed E-state index contributed by atoms with van der Waals surface area (Å²) in [6.07, 6.45) is 8.31. The molecule has 0 unspecified atom stereocenters. The van der Waals surface area contributed by atoms with Gasteiger partial charge in [-0.05, 0) is 67.2 Å². The van der Waals surface area contributed by atoms with Crippen LogP contribution in [-0.4, -0.2) is 45.5 Å². The third-order valence-electron chi connectivity index (χ3n) is 7.06. The van der Waals surface area contributed by atoms with Gasteiger partial charge in [-0.15, -0.1) is 0 Å². The largest absolute Gasteiger partial charge is 0.339 e. The number of likely N-dealkylation sites (tertiary alicyclic amines) is 1. The molecular formula is C26H34BrN5O2. The van der Waals surface area contributed by atoms with Gasteiger partial charge < -0.3 is 10.2 Å². The van der Waals surface area contributed by atoms with Gasteiger partial charge in [0.15, 0.2) is 0 Å². The molecule has 2 aliphatic heterocycles. The van der Waals surface area contributed by atoms with Crippen LogP contribution in [0.25, 0.3) is 5.70 Å². The standard InChI is InChI=1S/C26H34BrN5O2/c1-5-7-21(8-6-2)32-24(33)23(27)22(29(32)4)17-30-15-13-26(14-16-30)25(34)28-18-31(26)20-11-9-19(3)10-12-20/h5,7-12H,6,13-18H2,1-4H3,(H,28,34)/b7-5-,21-8+. The van der Waals surface area contributed by atoms with Crippen LogP contribution in [0.2, 0.25) is 0 Å². The number of nitrogens with one attached hydrogen (secondary N) is 1. The number of allylic oxidation sites excluding steroid dienone is 4. The molecule has 4 rings (SSSR count). The first kappa shape index (κ1) is 24.5. The Morgan fingerprint density at radius 1 is 1.18 bits per heavy atom. The SMILES string of the molecule is C/C=C\C(=C/CC)n1c(=O)c(Br)c(CN2CCC3(CC2)C(=O)NCN3c2ccc(C)cc2)n1C. The zero-order chi connectivity index (χ0) is 24.5. The average molecular weight is 528 g/mol. The van der Waals surface area contributed by atoms with Gasteiger partial charge in [-0.2, -0.15) is 0 Å². The molecule has 3 heterocycles. The molecule has 2 saturated heterocycles. The topological polar surface area (TPSA) is 62.5 Å². The third kappa shape index (κ3) is 4.29. The van der Waals surface area contributed by atoms with Crippen molar-refractivity contribution >= 4 is 33.2 Å². The molecule has 2 aliphatic rings. The van der Waals surface area contributed by atoms with Crippen molar-refractivity contribution in [3.05, 3.63) is 68.6 Å². The quantitative estimate of drug-likeness (QED) is 0.576. The van der Waals surface area contributed by atoms with Gasteiger partial charge in [-0.3, -0.25) is 19.2 Å². The second-order valence-corrected chi connectivity index (χ2v) is 9.97. The summed E-state index contributed by atoms with van der Waals surface area (Å²) in [5.74, 6) is 0.119. The number of piperidine rings is 1. The maximum atomic E-state index is 13.1. The fraction of sp³-hybridized carbons (Fsp3) is 0.462. The van der Waals surface area contributed by atoms with Crippen LogP contribution in [0.5, 0.6) is 0 Å². The molecule has 1 N–H and O–H groups in total. The van der Waals surface area contributed by atoms with Crippen molar-refractivity contribution in [3.63, 3.8) is 0 Å². The van der Waals surface area contributed by atoms with Gasteiger partial charge in [-0.1, -0.05) is 36.8 Å². The van der Waals surface area contributed by atoms with Gasteiger partial charge in [0, 0.05) is 32.4 Å². The Kier molecular flexibility index (Phi) is 7.19. The molecule has 1 amide bonds. The van der Waals surface area contributed by atoms with E-state index in [1.165, 1.54) is 5.56 Å². The molecule has 0 saturated carbocycles. The van der Waals surface area contributed by atoms with Crippen LogP contribution in [0.4, 0.5) is 5.69 Å². The Morgan fingerprint density at radius 2 is 1.85 bits per heavy atom. The van der Waals surface area contributed by atoms with Crippen LogP contribution in [-0.2, 0) is 18.4 Å². The zero-order valence-corrected chi connectivity index (χ0v) is 22.1. The van der Waals surface area contributed by atoms with Crippen molar-refractivity contribution in [1.82, 2.24) is 19.6 Å². The zero-order valence-electron chi connectivity index (χ0n) is 20.5. The van der Waals surface area contributed by atoms with E-state index in [2.05, 4.69) is 75.2 Å². The maximum absolute atomic E-state index is 13.1. The first-order valence-electron chi connectivity index (χ1n) is 12.0. The van der Waals surface area contributed by atoms with Crippen molar-refractivity contribution in [1.29, 1.82) is 0 Å². The molecule has 34 heavy (non-hydrogen) atoms. The van der Waals surface area contributed by atoms with E-state index in [0.29, 0.717) is 17.7 Å². The molecule has 7 nitrogen and oxygen atoms in total. The Hall–Kier alpha value is -2.58. The number of benzene rings is 1. The van der Waals surface area contributed by atoms with Gasteiger partial charge in [-0.25, -0.2) is 4.68 Å². The third-order valence-corrected chi connectivity index (χ3v) is 7.86. The Balaban J connectivity index is 1.54. The number of nitrogens with zero attached hydrogens (tertiary/aromatic N) is 4. The normalized spacial score (nSPS) is 18.9. The molecule has 0 bridgehead atoms. The molecule has 2 aromatic rings. The summed E-state index contributed by atoms with van der Waals surface area (Å²) in [5.41, 5.74) is 3.55. The van der Waals surface area contributed by atoms with Crippen LogP contribution in [0.3, 0.4) is 0 Å². The number of aromatic nitrogens is 2. The second-order valence-electron chi connectivity index (χ2n) is 9.17. The lowest BCUT2D eigenvalue weighted by atomic mass is 9.85. The van der Waals surface area contributed by atoms with E-state index < -0.39 is 5.54 Å². The van der Waals surface area contributed by atoms with Crippen LogP contribution in [0.1, 0.15) is 44.4 Å². The monoisotopic (exact) mass is 527 g/mol. The summed E-state index contributed by atoms with van der Waals surface area (Å²) in [7, 11) is 1.93. The molecule has 1 aromatic carbocycles. The van der Waals surface area contributed by atoms with Crippen LogP contribution < -0.4 is 15.8 Å². The predicted octanol–water partition coefficient (Wildman–Crippen LogP) is 4.01. The van der Waals surface area contributed by atoms with Crippen molar-refractivity contribution < 1.29 is 4.79 Å². The summed E-state index contributed by atoms with van der Waals surface area (Å²) in [6.45, 7) is 8.86. The molecule has 0 radical (unpaired) electrons. The van der Waals surface area contributed by atoms with Gasteiger partial charge in [0.05, 0.1) is 18.1 Å². The van der Waals surface area contributed by atoms with Crippen molar-refractivity contribution in [2.45, 2.75) is 52.1 Å². The van der Waals surface area contributed by atoms with Gasteiger partial charge in [0.25, 0.3) is 5.56 Å². The van der Waals surface area contributed by atoms with Crippen molar-refractivity contribution in [3.8, 4) is 0 Å². The van der Waals surface area contributed by atoms with E-state index in [1.807, 2.05) is 30.8 Å². The number of aryl methyl sites for hydroxylation is 1. The number of amides is 1. The minimum Gasteiger partial charge on any atom is -0.339 e. The van der Waals surface area contributed by atoms with Gasteiger partial charge >= 0.3 is 0 Å². The second kappa shape index (κ2) is 9.96. The molecule has 0 aliphatic carbocycles. The van der Waals surface area contributed by atoms with Crippen molar-refractivity contribution in [2.75, 3.05) is 24.7 Å². The molecule has 2 fully saturated rings. The van der Waals surface area contributed by atoms with Crippen LogP contribution in [0.15, 0.2) is 51.8 Å². The summed E-state index contributed by atoms with van der Waals surface area (Å²) in [5, 5.41) is 3.07. The highest BCUT2D eigenvalue weighted by molar-refractivity contribution is 9.10. The highest BCUT2D eigenvalue weighted by Gasteiger charge is 2.50. The minimum absolute atomic E-state index is 0.0514. The first-order chi connectivity index (χ1) is 16.3. The fourth-order valence-electron chi connectivity index (χ4n) is 5.12. The highest BCUT2D eigenvalue weighted by atomic mass is 79.9. The smallest absolute Gasteiger partial charge is 0.286 e. The lowest BCUT2D eigenvalue weighted by molar-refractivity contribution is -0.125. The number of anilines is 1. The van der Waals surface area contributed by atoms with E-state index in [4.69, 9.17) is 0 Å². The minimum atomic E-state index is -0.510. The summed E-state index contributed by atoms with van der Waals surface area (Å²) < 4.78 is 4.26. The lowest BCUT2D eigenvalue weighted by Gasteiger charge is -2.43. The van der Waals surface area contributed by atoms with Gasteiger partial charge in [0.2, 0.25) is 5.91 Å². The molecular weight excluding hydrogens is 494 g/mol. The van der Waals surface area contributed by atoms with E-state index in [9.17, 15) is 9.59 Å². The molecule has 8 heteroatoms. The van der Waals surface area contributed by atoms with Gasteiger partial charge in [0.1, 0.15) is 10.0 Å². The number of hydrogen-bond donors (Lipinski definition) is 1. The number of hydrogen-bond acceptors (Lipinski definition) is 4. The van der Waals surface area contributed by atoms with Crippen LogP contribution >= 0.6 is 15.9 Å². The van der Waals surface area contributed by atoms with Crippen LogP contribution in [0, 0.1) is 6.92 Å². The average Bonchev–Trinajstić information content (AvgIpc) is 3.24. The molecule has 1 aromatic heterocycles. The predicted molar refractivity (Wildman–Crippen MR) is 141 cm³/mol. The first-order valence-corrected chi connectivity index (χ1v) is 12.8. The Labute approximate surface area is 209 Å². The summed E-state index contributed by atoms with van der Waals surface area (Å²) >= 11 is 3.56. The molecule has 182 valence electrons. The maximum Gasteiger partial charge on any atom is 0.286 e. The van der Waals surface area contributed by atoms with Crippen molar-refractivity contribution in [2.24, 2.45) is 7.05 Å². The van der Waals surface area contributed by atoms with E-state index in [1.54, 1.807) is 4.68 Å². The number of carbonyl (C=O) groups is 1. The molecule has 1 spiro atoms. The molecule has 0 atom stereocenters. The van der Waals surface area contributed by atoms with E-state index >= 15 is 0 Å². The summed E-state index contributed by atoms with van der Waals surface area (Å²) in [6, 6.07) is 8.40. The Bertz CT molecular complexity index is 1170. The number of carbonyl (C=O) groups excluding carboxylic acids is 1. The highest BCUT2D eigenvalue weighted by Crippen LogP contribution is 2.37.